The second kappa shape index (κ2) is 7.27. The Morgan fingerprint density at radius 1 is 1.25 bits per heavy atom. The summed E-state index contributed by atoms with van der Waals surface area (Å²) in [4.78, 5) is 25.9. The third-order valence-corrected chi connectivity index (χ3v) is 5.64. The number of carbonyl (C=O) groups is 2. The fourth-order valence-electron chi connectivity index (χ4n) is 4.02. The van der Waals surface area contributed by atoms with E-state index in [1.807, 2.05) is 0 Å². The lowest BCUT2D eigenvalue weighted by Crippen LogP contribution is -2.58. The van der Waals surface area contributed by atoms with E-state index in [-0.39, 0.29) is 47.7 Å². The van der Waals surface area contributed by atoms with E-state index in [2.05, 4.69) is 5.32 Å². The standard InChI is InChI=1S/C18H24BN2O7/c22-17(12-4-7-20-8-5-12)21-9-13(10-21)27-14-2-1-11-3-6-19(25,26)28-16(11)15(14)18(23)24/h1-2,12-13,20,25-26H,3-10H2,(H,23,24)/q-1/p-1. The minimum absolute atomic E-state index is 0.00389. The molecule has 10 heteroatoms. The Bertz CT molecular complexity index is 788. The topological polar surface area (TPSA) is 131 Å². The van der Waals surface area contributed by atoms with Gasteiger partial charge in [0.1, 0.15) is 11.9 Å². The van der Waals surface area contributed by atoms with Crippen LogP contribution in [0.2, 0.25) is 6.32 Å². The molecule has 3 aliphatic heterocycles. The molecule has 4 rings (SSSR count). The number of hydrogen-bond acceptors (Lipinski definition) is 8. The molecule has 0 radical (unpaired) electrons. The van der Waals surface area contributed by atoms with Gasteiger partial charge in [0.2, 0.25) is 5.91 Å². The summed E-state index contributed by atoms with van der Waals surface area (Å²) in [7, 11) is 0. The average molecular weight is 390 g/mol. The van der Waals surface area contributed by atoms with E-state index < -0.39 is 12.7 Å². The molecule has 2 saturated heterocycles. The van der Waals surface area contributed by atoms with Crippen LogP contribution in [-0.2, 0) is 11.2 Å². The van der Waals surface area contributed by atoms with Crippen molar-refractivity contribution >= 4 is 18.6 Å². The summed E-state index contributed by atoms with van der Waals surface area (Å²) >= 11 is 0. The highest BCUT2D eigenvalue weighted by Gasteiger charge is 2.37. The van der Waals surface area contributed by atoms with Gasteiger partial charge in [0, 0.05) is 5.92 Å². The Balaban J connectivity index is 1.45. The second-order valence-electron chi connectivity index (χ2n) is 7.74. The van der Waals surface area contributed by atoms with Crippen molar-refractivity contribution in [3.05, 3.63) is 23.3 Å². The maximum Gasteiger partial charge on any atom is 0.430 e. The lowest BCUT2D eigenvalue weighted by Gasteiger charge is -2.42. The number of likely N-dealkylation sites (tertiary alicyclic amines) is 1. The highest BCUT2D eigenvalue weighted by atomic mass is 16.6. The number of carboxylic acid groups (broad SMARTS) is 1. The van der Waals surface area contributed by atoms with Crippen LogP contribution in [0, 0.1) is 5.92 Å². The Morgan fingerprint density at radius 3 is 2.64 bits per heavy atom. The van der Waals surface area contributed by atoms with E-state index in [9.17, 15) is 24.7 Å². The molecule has 9 nitrogen and oxygen atoms in total. The van der Waals surface area contributed by atoms with E-state index in [0.717, 1.165) is 25.9 Å². The van der Waals surface area contributed by atoms with Crippen molar-refractivity contribution in [3.8, 4) is 11.5 Å². The maximum absolute atomic E-state index is 12.5. The van der Waals surface area contributed by atoms with Crippen LogP contribution in [0.4, 0.5) is 0 Å². The molecule has 0 saturated carbocycles. The number of benzene rings is 1. The first-order chi connectivity index (χ1) is 13.3. The van der Waals surface area contributed by atoms with Crippen molar-refractivity contribution in [2.24, 2.45) is 5.92 Å². The van der Waals surface area contributed by atoms with Crippen LogP contribution in [0.3, 0.4) is 0 Å². The maximum atomic E-state index is 12.5. The number of hydrogen-bond donors (Lipinski definition) is 3. The van der Waals surface area contributed by atoms with Crippen molar-refractivity contribution < 1.29 is 34.1 Å². The lowest BCUT2D eigenvalue weighted by atomic mass is 9.70. The molecular formula is C18H23BN2O7-2. The van der Waals surface area contributed by atoms with Crippen molar-refractivity contribution in [1.29, 1.82) is 0 Å². The number of nitrogens with one attached hydrogen (secondary N) is 1. The molecule has 3 heterocycles. The molecule has 1 aromatic carbocycles. The van der Waals surface area contributed by atoms with Crippen LogP contribution in [-0.4, -0.2) is 65.9 Å². The minimum atomic E-state index is -3.10. The van der Waals surface area contributed by atoms with Gasteiger partial charge in [-0.15, -0.1) is 0 Å². The lowest BCUT2D eigenvalue weighted by molar-refractivity contribution is -0.255. The molecule has 2 fully saturated rings. The van der Waals surface area contributed by atoms with Gasteiger partial charge < -0.3 is 39.6 Å². The number of carbonyl (C=O) groups excluding carboxylic acids is 2. The summed E-state index contributed by atoms with van der Waals surface area (Å²) in [5, 5.41) is 34.4. The fraction of sp³-hybridized carbons (Fsp3) is 0.556. The number of ether oxygens (including phenoxy) is 1. The van der Waals surface area contributed by atoms with Gasteiger partial charge in [-0.1, -0.05) is 12.4 Å². The van der Waals surface area contributed by atoms with Crippen molar-refractivity contribution in [3.63, 3.8) is 0 Å². The molecule has 1 aromatic rings. The largest absolute Gasteiger partial charge is 0.669 e. The summed E-state index contributed by atoms with van der Waals surface area (Å²) in [5.41, 5.74) is 0.234. The molecule has 0 unspecified atom stereocenters. The van der Waals surface area contributed by atoms with Crippen LogP contribution in [0.15, 0.2) is 12.1 Å². The number of aromatic carboxylic acids is 1. The second-order valence-corrected chi connectivity index (χ2v) is 7.74. The Hall–Kier alpha value is -2.30. The zero-order chi connectivity index (χ0) is 19.9. The molecule has 0 bridgehead atoms. The monoisotopic (exact) mass is 390 g/mol. The van der Waals surface area contributed by atoms with Gasteiger partial charge in [-0.3, -0.25) is 4.79 Å². The van der Waals surface area contributed by atoms with E-state index in [4.69, 9.17) is 9.39 Å². The summed E-state index contributed by atoms with van der Waals surface area (Å²) in [6.07, 6.45) is 1.60. The molecule has 3 N–H and O–H groups in total. The molecule has 28 heavy (non-hydrogen) atoms. The molecular weight excluding hydrogens is 367 g/mol. The number of nitrogens with zero attached hydrogens (tertiary/aromatic N) is 1. The highest BCUT2D eigenvalue weighted by Crippen LogP contribution is 2.38. The molecule has 0 aliphatic carbocycles. The summed E-state index contributed by atoms with van der Waals surface area (Å²) in [6.45, 7) is -0.641. The molecule has 1 amide bonds. The normalized spacial score (nSPS) is 22.0. The van der Waals surface area contributed by atoms with Gasteiger partial charge in [0.05, 0.1) is 30.4 Å². The van der Waals surface area contributed by atoms with E-state index in [1.54, 1.807) is 11.0 Å². The Kier molecular flexibility index (Phi) is 4.94. The van der Waals surface area contributed by atoms with Gasteiger partial charge >= 0.3 is 6.75 Å². The first-order valence-electron chi connectivity index (χ1n) is 9.67. The predicted molar refractivity (Wildman–Crippen MR) is 96.7 cm³/mol. The first-order valence-corrected chi connectivity index (χ1v) is 9.67. The zero-order valence-electron chi connectivity index (χ0n) is 15.4. The predicted octanol–water partition coefficient (Wildman–Crippen LogP) is -1.50. The van der Waals surface area contributed by atoms with E-state index in [1.165, 1.54) is 6.07 Å². The van der Waals surface area contributed by atoms with Gasteiger partial charge in [-0.05, 0) is 44.0 Å². The number of piperidine rings is 1. The third-order valence-electron chi connectivity index (χ3n) is 5.64. The van der Waals surface area contributed by atoms with Crippen LogP contribution < -0.4 is 19.8 Å². The Labute approximate surface area is 162 Å². The third kappa shape index (κ3) is 3.67. The van der Waals surface area contributed by atoms with Crippen molar-refractivity contribution in [2.45, 2.75) is 31.7 Å². The van der Waals surface area contributed by atoms with Gasteiger partial charge in [-0.25, -0.2) is 0 Å². The molecule has 0 atom stereocenters. The summed E-state index contributed by atoms with van der Waals surface area (Å²) in [6, 6.07) is 3.18. The summed E-state index contributed by atoms with van der Waals surface area (Å²) < 4.78 is 10.9. The smallest absolute Gasteiger partial charge is 0.430 e. The number of fused-ring (bicyclic) bond motifs is 1. The van der Waals surface area contributed by atoms with Crippen LogP contribution in [0.25, 0.3) is 0 Å². The van der Waals surface area contributed by atoms with Crippen LogP contribution in [0.1, 0.15) is 28.8 Å². The van der Waals surface area contributed by atoms with Crippen LogP contribution in [0.5, 0.6) is 11.5 Å². The van der Waals surface area contributed by atoms with E-state index >= 15 is 0 Å². The molecule has 0 aromatic heterocycles. The zero-order valence-corrected chi connectivity index (χ0v) is 15.4. The minimum Gasteiger partial charge on any atom is -0.669 e. The molecule has 152 valence electrons. The summed E-state index contributed by atoms with van der Waals surface area (Å²) in [5.74, 6) is -1.44. The van der Waals surface area contributed by atoms with Crippen molar-refractivity contribution in [2.75, 3.05) is 26.2 Å². The number of aryl methyl sites for hydroxylation is 1. The quantitative estimate of drug-likeness (QED) is 0.530. The van der Waals surface area contributed by atoms with Crippen molar-refractivity contribution in [1.82, 2.24) is 10.2 Å². The number of amides is 1. The fourth-order valence-corrected chi connectivity index (χ4v) is 4.02. The first kappa shape index (κ1) is 19.0. The van der Waals surface area contributed by atoms with Crippen LogP contribution >= 0.6 is 0 Å². The molecule has 3 aliphatic rings. The van der Waals surface area contributed by atoms with Gasteiger partial charge in [-0.2, -0.15) is 0 Å². The highest BCUT2D eigenvalue weighted by molar-refractivity contribution is 6.59. The van der Waals surface area contributed by atoms with E-state index in [0.29, 0.717) is 18.7 Å². The van der Waals surface area contributed by atoms with Gasteiger partial charge in [0.15, 0.2) is 0 Å². The SMILES string of the molecule is O=C([O-])c1c(OC2CN(C(=O)C3CCNCC3)C2)ccc2c1O[B-](O)(O)CC2. The average Bonchev–Trinajstić information content (AvgIpc) is 2.63. The Morgan fingerprint density at radius 2 is 1.96 bits per heavy atom. The number of carboxylic acids is 1. The number of rotatable bonds is 4. The molecule has 0 spiro atoms. The van der Waals surface area contributed by atoms with Gasteiger partial charge in [0.25, 0.3) is 0 Å².